The molecule has 0 aliphatic heterocycles. The van der Waals surface area contributed by atoms with Gasteiger partial charge in [-0.3, -0.25) is 10.1 Å². The summed E-state index contributed by atoms with van der Waals surface area (Å²) in [4.78, 5) is 20.2. The fraction of sp³-hybridized carbons (Fsp3) is 0.111. The number of amides is 1. The van der Waals surface area contributed by atoms with Crippen molar-refractivity contribution >= 4 is 22.4 Å². The molecular formula is C18H11F3N4OS. The van der Waals surface area contributed by atoms with Gasteiger partial charge in [-0.15, -0.1) is 11.3 Å². The minimum Gasteiger partial charge on any atom is -0.296 e. The second kappa shape index (κ2) is 7.17. The standard InChI is InChI=1S/C18H11F3N4OS/c1-10-5-6-13(12-4-2-3-11(7-12)8-22)15(23-10)16(26)25-17-24-14(9-27-17)18(19,20)21/h2-7,9H,1H3,(H,24,25,26). The van der Waals surface area contributed by atoms with Gasteiger partial charge in [0.1, 0.15) is 5.69 Å². The third-order valence-electron chi connectivity index (χ3n) is 3.57. The van der Waals surface area contributed by atoms with E-state index >= 15 is 0 Å². The van der Waals surface area contributed by atoms with Crippen LogP contribution in [-0.2, 0) is 6.18 Å². The maximum Gasteiger partial charge on any atom is 0.434 e. The van der Waals surface area contributed by atoms with Crippen LogP contribution in [-0.4, -0.2) is 15.9 Å². The van der Waals surface area contributed by atoms with Crippen LogP contribution in [0, 0.1) is 18.3 Å². The maximum absolute atomic E-state index is 12.7. The third-order valence-corrected chi connectivity index (χ3v) is 4.33. The normalized spacial score (nSPS) is 11.1. The van der Waals surface area contributed by atoms with E-state index in [0.29, 0.717) is 33.7 Å². The van der Waals surface area contributed by atoms with E-state index in [2.05, 4.69) is 15.3 Å². The van der Waals surface area contributed by atoms with Gasteiger partial charge in [-0.1, -0.05) is 18.2 Å². The van der Waals surface area contributed by atoms with Gasteiger partial charge < -0.3 is 0 Å². The van der Waals surface area contributed by atoms with Crippen LogP contribution < -0.4 is 5.32 Å². The van der Waals surface area contributed by atoms with Crippen LogP contribution in [0.2, 0.25) is 0 Å². The summed E-state index contributed by atoms with van der Waals surface area (Å²) in [5.41, 5.74) is 1.00. The van der Waals surface area contributed by atoms with E-state index in [9.17, 15) is 18.0 Å². The number of nitrogens with one attached hydrogen (secondary N) is 1. The molecule has 0 unspecified atom stereocenters. The van der Waals surface area contributed by atoms with Gasteiger partial charge in [0, 0.05) is 16.6 Å². The number of benzene rings is 1. The number of carbonyl (C=O) groups excluding carboxylic acids is 1. The Balaban J connectivity index is 1.96. The zero-order valence-electron chi connectivity index (χ0n) is 13.8. The van der Waals surface area contributed by atoms with E-state index in [4.69, 9.17) is 5.26 Å². The Morgan fingerprint density at radius 1 is 1.22 bits per heavy atom. The third kappa shape index (κ3) is 4.12. The molecule has 0 saturated carbocycles. The first-order valence-electron chi connectivity index (χ1n) is 7.60. The van der Waals surface area contributed by atoms with Crippen molar-refractivity contribution < 1.29 is 18.0 Å². The summed E-state index contributed by atoms with van der Waals surface area (Å²) < 4.78 is 38.0. The molecule has 0 aliphatic rings. The highest BCUT2D eigenvalue weighted by Gasteiger charge is 2.34. The first-order valence-corrected chi connectivity index (χ1v) is 8.48. The van der Waals surface area contributed by atoms with Crippen molar-refractivity contribution in [3.8, 4) is 17.2 Å². The summed E-state index contributed by atoms with van der Waals surface area (Å²) in [5, 5.41) is 12.1. The monoisotopic (exact) mass is 388 g/mol. The number of alkyl halides is 3. The molecule has 27 heavy (non-hydrogen) atoms. The van der Waals surface area contributed by atoms with E-state index in [-0.39, 0.29) is 10.8 Å². The molecule has 0 radical (unpaired) electrons. The number of hydrogen-bond donors (Lipinski definition) is 1. The smallest absolute Gasteiger partial charge is 0.296 e. The lowest BCUT2D eigenvalue weighted by molar-refractivity contribution is -0.140. The molecule has 0 aliphatic carbocycles. The summed E-state index contributed by atoms with van der Waals surface area (Å²) in [7, 11) is 0. The number of carbonyl (C=O) groups is 1. The molecule has 1 amide bonds. The predicted octanol–water partition coefficient (Wildman–Crippen LogP) is 4.66. The number of halogens is 3. The molecule has 0 saturated heterocycles. The molecule has 9 heteroatoms. The molecule has 1 aromatic carbocycles. The number of nitrogens with zero attached hydrogens (tertiary/aromatic N) is 3. The van der Waals surface area contributed by atoms with Crippen LogP contribution in [0.15, 0.2) is 41.8 Å². The van der Waals surface area contributed by atoms with Crippen molar-refractivity contribution in [3.63, 3.8) is 0 Å². The van der Waals surface area contributed by atoms with E-state index in [1.165, 1.54) is 0 Å². The highest BCUT2D eigenvalue weighted by molar-refractivity contribution is 7.14. The fourth-order valence-corrected chi connectivity index (χ4v) is 3.05. The first-order chi connectivity index (χ1) is 12.8. The van der Waals surface area contributed by atoms with E-state index < -0.39 is 17.8 Å². The average molecular weight is 388 g/mol. The Hall–Kier alpha value is -3.25. The lowest BCUT2D eigenvalue weighted by atomic mass is 10.0. The Labute approximate surface area is 156 Å². The topological polar surface area (TPSA) is 78.7 Å². The largest absolute Gasteiger partial charge is 0.434 e. The van der Waals surface area contributed by atoms with Gasteiger partial charge >= 0.3 is 6.18 Å². The van der Waals surface area contributed by atoms with Gasteiger partial charge in [0.05, 0.1) is 11.6 Å². The molecule has 0 atom stereocenters. The summed E-state index contributed by atoms with van der Waals surface area (Å²) >= 11 is 0.677. The zero-order chi connectivity index (χ0) is 19.6. The average Bonchev–Trinajstić information content (AvgIpc) is 3.10. The number of aryl methyl sites for hydroxylation is 1. The molecule has 3 rings (SSSR count). The number of nitriles is 1. The maximum atomic E-state index is 12.7. The summed E-state index contributed by atoms with van der Waals surface area (Å²) in [6, 6.07) is 12.0. The second-order valence-corrected chi connectivity index (χ2v) is 6.39. The quantitative estimate of drug-likeness (QED) is 0.708. The van der Waals surface area contributed by atoms with Crippen molar-refractivity contribution in [2.75, 3.05) is 5.32 Å². The fourth-order valence-electron chi connectivity index (χ4n) is 2.34. The van der Waals surface area contributed by atoms with Gasteiger partial charge in [-0.25, -0.2) is 9.97 Å². The first kappa shape index (κ1) is 18.5. The molecule has 0 spiro atoms. The number of aromatic nitrogens is 2. The molecule has 1 N–H and O–H groups in total. The van der Waals surface area contributed by atoms with Crippen molar-refractivity contribution in [1.29, 1.82) is 5.26 Å². The number of thiazole rings is 1. The van der Waals surface area contributed by atoms with Gasteiger partial charge in [-0.05, 0) is 30.7 Å². The Morgan fingerprint density at radius 3 is 2.67 bits per heavy atom. The summed E-state index contributed by atoms with van der Waals surface area (Å²) in [6.45, 7) is 1.69. The lowest BCUT2D eigenvalue weighted by Gasteiger charge is -2.10. The second-order valence-electron chi connectivity index (χ2n) is 5.53. The van der Waals surface area contributed by atoms with Gasteiger partial charge in [0.2, 0.25) is 0 Å². The minimum atomic E-state index is -4.58. The van der Waals surface area contributed by atoms with Crippen LogP contribution >= 0.6 is 11.3 Å². The summed E-state index contributed by atoms with van der Waals surface area (Å²) in [5.74, 6) is -0.681. The molecule has 136 valence electrons. The van der Waals surface area contributed by atoms with Crippen LogP contribution in [0.4, 0.5) is 18.3 Å². The Kier molecular flexibility index (Phi) is 4.92. The van der Waals surface area contributed by atoms with Gasteiger partial charge in [0.25, 0.3) is 5.91 Å². The molecular weight excluding hydrogens is 377 g/mol. The van der Waals surface area contributed by atoms with E-state index in [1.807, 2.05) is 6.07 Å². The number of hydrogen-bond acceptors (Lipinski definition) is 5. The predicted molar refractivity (Wildman–Crippen MR) is 94.2 cm³/mol. The lowest BCUT2D eigenvalue weighted by Crippen LogP contribution is -2.16. The van der Waals surface area contributed by atoms with Crippen molar-refractivity contribution in [3.05, 3.63) is 64.4 Å². The number of pyridine rings is 1. The summed E-state index contributed by atoms with van der Waals surface area (Å²) in [6.07, 6.45) is -4.58. The van der Waals surface area contributed by atoms with Crippen LogP contribution in [0.5, 0.6) is 0 Å². The SMILES string of the molecule is Cc1ccc(-c2cccc(C#N)c2)c(C(=O)Nc2nc(C(F)(F)F)cs2)n1. The highest BCUT2D eigenvalue weighted by Crippen LogP contribution is 2.32. The zero-order valence-corrected chi connectivity index (χ0v) is 14.6. The Morgan fingerprint density at radius 2 is 2.00 bits per heavy atom. The molecule has 5 nitrogen and oxygen atoms in total. The molecule has 2 heterocycles. The Bertz CT molecular complexity index is 1050. The van der Waals surface area contributed by atoms with E-state index in [0.717, 1.165) is 5.38 Å². The number of anilines is 1. The molecule has 2 aromatic heterocycles. The highest BCUT2D eigenvalue weighted by atomic mass is 32.1. The molecule has 0 bridgehead atoms. The van der Waals surface area contributed by atoms with Crippen molar-refractivity contribution in [2.24, 2.45) is 0 Å². The van der Waals surface area contributed by atoms with Crippen molar-refractivity contribution in [1.82, 2.24) is 9.97 Å². The molecule has 3 aromatic rings. The van der Waals surface area contributed by atoms with Gasteiger partial charge in [0.15, 0.2) is 10.8 Å². The molecule has 0 fully saturated rings. The van der Waals surface area contributed by atoms with E-state index in [1.54, 1.807) is 43.3 Å². The van der Waals surface area contributed by atoms with Crippen LogP contribution in [0.25, 0.3) is 11.1 Å². The van der Waals surface area contributed by atoms with Crippen LogP contribution in [0.1, 0.15) is 27.4 Å². The number of rotatable bonds is 3. The minimum absolute atomic E-state index is 0.0360. The van der Waals surface area contributed by atoms with Gasteiger partial charge in [-0.2, -0.15) is 18.4 Å². The van der Waals surface area contributed by atoms with Crippen molar-refractivity contribution in [2.45, 2.75) is 13.1 Å². The van der Waals surface area contributed by atoms with Crippen LogP contribution in [0.3, 0.4) is 0 Å².